The number of esters is 2. The zero-order valence-electron chi connectivity index (χ0n) is 16.8. The van der Waals surface area contributed by atoms with Gasteiger partial charge in [0.05, 0.1) is 25.3 Å². The lowest BCUT2D eigenvalue weighted by Crippen LogP contribution is -2.52. The van der Waals surface area contributed by atoms with Gasteiger partial charge in [0.2, 0.25) is 5.91 Å². The number of primary amides is 1. The molecule has 178 valence electrons. The number of carbonyl (C=O) groups excluding carboxylic acids is 4. The first-order valence-corrected chi connectivity index (χ1v) is 8.59. The fourth-order valence-electron chi connectivity index (χ4n) is 2.74. The number of rotatable bonds is 7. The first kappa shape index (κ1) is 26.7. The van der Waals surface area contributed by atoms with E-state index in [-0.39, 0.29) is 18.2 Å². The molecule has 0 aliphatic heterocycles. The molecule has 2 atom stereocenters. The predicted octanol–water partition coefficient (Wildman–Crippen LogP) is 1.91. The fourth-order valence-corrected chi connectivity index (χ4v) is 2.74. The molecule has 32 heavy (non-hydrogen) atoms. The Hall–Kier alpha value is -3.32. The van der Waals surface area contributed by atoms with Gasteiger partial charge in [-0.05, 0) is 18.2 Å². The molecule has 0 bridgehead atoms. The van der Waals surface area contributed by atoms with E-state index in [4.69, 9.17) is 5.73 Å². The highest BCUT2D eigenvalue weighted by molar-refractivity contribution is 5.99. The molecule has 2 amide bonds. The average molecular weight is 472 g/mol. The van der Waals surface area contributed by atoms with Gasteiger partial charge in [0.15, 0.2) is 5.92 Å². The molecule has 1 aromatic rings. The van der Waals surface area contributed by atoms with Gasteiger partial charge in [-0.15, -0.1) is 0 Å². The van der Waals surface area contributed by atoms with Crippen LogP contribution in [0.1, 0.15) is 28.4 Å². The molecule has 0 unspecified atom stereocenters. The lowest BCUT2D eigenvalue weighted by atomic mass is 9.86. The summed E-state index contributed by atoms with van der Waals surface area (Å²) in [7, 11) is 1.81. The van der Waals surface area contributed by atoms with Gasteiger partial charge in [-0.1, -0.05) is 6.92 Å². The van der Waals surface area contributed by atoms with Crippen LogP contribution in [-0.2, 0) is 36.2 Å². The van der Waals surface area contributed by atoms with Gasteiger partial charge in [-0.3, -0.25) is 19.2 Å². The Labute approximate surface area is 177 Å². The van der Waals surface area contributed by atoms with E-state index in [1.807, 2.05) is 5.32 Å². The summed E-state index contributed by atoms with van der Waals surface area (Å²) in [5, 5.41) is 1.86. The van der Waals surface area contributed by atoms with Crippen LogP contribution in [0, 0.1) is 11.8 Å². The van der Waals surface area contributed by atoms with Crippen molar-refractivity contribution in [1.29, 1.82) is 0 Å². The first-order valence-electron chi connectivity index (χ1n) is 8.59. The van der Waals surface area contributed by atoms with E-state index in [0.29, 0.717) is 0 Å². The van der Waals surface area contributed by atoms with E-state index >= 15 is 0 Å². The van der Waals surface area contributed by atoms with Gasteiger partial charge in [0, 0.05) is 11.5 Å². The van der Waals surface area contributed by atoms with Crippen molar-refractivity contribution in [3.8, 4) is 0 Å². The third-order valence-corrected chi connectivity index (χ3v) is 4.40. The number of methoxy groups -OCH3 is 2. The maximum Gasteiger partial charge on any atom is 0.416 e. The first-order chi connectivity index (χ1) is 14.5. The lowest BCUT2D eigenvalue weighted by Gasteiger charge is -2.27. The van der Waals surface area contributed by atoms with E-state index in [0.717, 1.165) is 21.1 Å². The average Bonchev–Trinajstić information content (AvgIpc) is 2.69. The molecule has 1 rings (SSSR count). The van der Waals surface area contributed by atoms with Crippen molar-refractivity contribution in [2.45, 2.75) is 25.3 Å². The number of ether oxygens (including phenoxy) is 2. The third kappa shape index (κ3) is 6.34. The van der Waals surface area contributed by atoms with Crippen molar-refractivity contribution < 1.29 is 55.0 Å². The lowest BCUT2D eigenvalue weighted by molar-refractivity contribution is -0.162. The molecule has 0 heterocycles. The Balaban J connectivity index is 3.41. The minimum absolute atomic E-state index is 0.144. The summed E-state index contributed by atoms with van der Waals surface area (Å²) in [5.74, 6) is -8.44. The Morgan fingerprint density at radius 1 is 0.875 bits per heavy atom. The number of carbonyl (C=O) groups is 4. The Morgan fingerprint density at radius 2 is 1.28 bits per heavy atom. The summed E-state index contributed by atoms with van der Waals surface area (Å²) in [4.78, 5) is 48.1. The molecular weight excluding hydrogens is 454 g/mol. The fraction of sp³-hybridized carbons (Fsp3) is 0.444. The molecule has 0 aliphatic rings. The van der Waals surface area contributed by atoms with Crippen LogP contribution in [-0.4, -0.2) is 44.0 Å². The van der Waals surface area contributed by atoms with Crippen molar-refractivity contribution in [1.82, 2.24) is 5.32 Å². The minimum Gasteiger partial charge on any atom is -0.468 e. The summed E-state index contributed by atoms with van der Waals surface area (Å²) < 4.78 is 86.9. The van der Waals surface area contributed by atoms with Crippen molar-refractivity contribution in [3.05, 3.63) is 34.9 Å². The van der Waals surface area contributed by atoms with Gasteiger partial charge in [0.25, 0.3) is 5.91 Å². The molecule has 14 heteroatoms. The van der Waals surface area contributed by atoms with Crippen LogP contribution >= 0.6 is 0 Å². The molecule has 0 fully saturated rings. The maximum atomic E-state index is 13.0. The Bertz CT molecular complexity index is 851. The number of alkyl halides is 6. The van der Waals surface area contributed by atoms with Crippen LogP contribution in [0.5, 0.6) is 0 Å². The zero-order valence-corrected chi connectivity index (χ0v) is 16.8. The van der Waals surface area contributed by atoms with E-state index in [1.54, 1.807) is 0 Å². The molecule has 0 saturated carbocycles. The highest BCUT2D eigenvalue weighted by Gasteiger charge is 2.42. The summed E-state index contributed by atoms with van der Waals surface area (Å²) >= 11 is 0. The Morgan fingerprint density at radius 3 is 1.59 bits per heavy atom. The second-order valence-corrected chi connectivity index (χ2v) is 6.53. The zero-order chi connectivity index (χ0) is 25.0. The van der Waals surface area contributed by atoms with Gasteiger partial charge in [-0.25, -0.2) is 0 Å². The van der Waals surface area contributed by atoms with E-state index in [1.165, 1.54) is 0 Å². The van der Waals surface area contributed by atoms with Crippen LogP contribution in [0.4, 0.5) is 26.3 Å². The topological polar surface area (TPSA) is 125 Å². The number of hydrogen-bond acceptors (Lipinski definition) is 6. The molecule has 0 aromatic heterocycles. The number of nitrogens with one attached hydrogen (secondary N) is 1. The summed E-state index contributed by atoms with van der Waals surface area (Å²) in [5.41, 5.74) is 0.559. The highest BCUT2D eigenvalue weighted by atomic mass is 19.4. The number of nitrogens with two attached hydrogens (primary N) is 1. The van der Waals surface area contributed by atoms with Crippen LogP contribution in [0.2, 0.25) is 0 Å². The van der Waals surface area contributed by atoms with Gasteiger partial charge >= 0.3 is 24.3 Å². The number of halogens is 6. The van der Waals surface area contributed by atoms with Gasteiger partial charge in [0.1, 0.15) is 6.04 Å². The van der Waals surface area contributed by atoms with Gasteiger partial charge in [-0.2, -0.15) is 26.3 Å². The maximum absolute atomic E-state index is 13.0. The van der Waals surface area contributed by atoms with Crippen LogP contribution < -0.4 is 11.1 Å². The molecule has 1 aromatic carbocycles. The van der Waals surface area contributed by atoms with Crippen LogP contribution in [0.15, 0.2) is 18.2 Å². The molecule has 0 spiro atoms. The number of hydrogen-bond donors (Lipinski definition) is 2. The second-order valence-electron chi connectivity index (χ2n) is 6.53. The molecule has 0 radical (unpaired) electrons. The van der Waals surface area contributed by atoms with Gasteiger partial charge < -0.3 is 20.5 Å². The smallest absolute Gasteiger partial charge is 0.416 e. The predicted molar refractivity (Wildman–Crippen MR) is 93.6 cm³/mol. The summed E-state index contributed by atoms with van der Waals surface area (Å²) in [6, 6.07) is -1.76. The van der Waals surface area contributed by atoms with Crippen LogP contribution in [0.25, 0.3) is 0 Å². The number of amides is 2. The summed E-state index contributed by atoms with van der Waals surface area (Å²) in [6.45, 7) is 1.10. The van der Waals surface area contributed by atoms with Crippen LogP contribution in [0.3, 0.4) is 0 Å². The monoisotopic (exact) mass is 472 g/mol. The third-order valence-electron chi connectivity index (χ3n) is 4.40. The van der Waals surface area contributed by atoms with E-state index in [2.05, 4.69) is 9.47 Å². The Kier molecular flexibility index (Phi) is 8.24. The molecule has 0 aliphatic carbocycles. The van der Waals surface area contributed by atoms with E-state index in [9.17, 15) is 45.5 Å². The van der Waals surface area contributed by atoms with Crippen molar-refractivity contribution >= 4 is 23.8 Å². The molecular formula is C18H18F6N2O6. The highest BCUT2D eigenvalue weighted by Crippen LogP contribution is 2.36. The van der Waals surface area contributed by atoms with Crippen molar-refractivity contribution in [2.24, 2.45) is 17.6 Å². The quantitative estimate of drug-likeness (QED) is 0.355. The largest absolute Gasteiger partial charge is 0.468 e. The molecule has 0 saturated heterocycles. The van der Waals surface area contributed by atoms with Crippen molar-refractivity contribution in [2.75, 3.05) is 14.2 Å². The minimum atomic E-state index is -5.21. The normalized spacial score (nSPS) is 13.8. The standard InChI is InChI=1S/C18H18F6N2O6/c1-7(11(15(29)31-2)16(30)32-3)12(13(25)27)26-14(28)8-4-9(17(19,20)21)6-10(5-8)18(22,23)24/h4-7,11-12H,1-3H3,(H2,25,27)(H,26,28)/t7-,12+/m0/s1. The second kappa shape index (κ2) is 9.87. The van der Waals surface area contributed by atoms with E-state index < -0.39 is 70.7 Å². The SMILES string of the molecule is COC(=O)C(C(=O)OC)[C@H](C)[C@@H](NC(=O)c1cc(C(F)(F)F)cc(C(F)(F)F)c1)C(N)=O. The number of benzene rings is 1. The molecule has 3 N–H and O–H groups in total. The molecule has 8 nitrogen and oxygen atoms in total. The summed E-state index contributed by atoms with van der Waals surface area (Å²) in [6.07, 6.45) is -10.4. The van der Waals surface area contributed by atoms with Crippen molar-refractivity contribution in [3.63, 3.8) is 0 Å².